The summed E-state index contributed by atoms with van der Waals surface area (Å²) in [4.78, 5) is 11.2. The van der Waals surface area contributed by atoms with E-state index in [0.29, 0.717) is 30.6 Å². The molecule has 0 bridgehead atoms. The van der Waals surface area contributed by atoms with Crippen molar-refractivity contribution in [3.8, 4) is 0 Å². The number of ketones is 1. The molecule has 0 amide bonds. The van der Waals surface area contributed by atoms with E-state index in [1.807, 2.05) is 6.07 Å². The molecule has 0 unspecified atom stereocenters. The Kier molecular flexibility index (Phi) is 3.26. The van der Waals surface area contributed by atoms with E-state index in [4.69, 9.17) is 0 Å². The van der Waals surface area contributed by atoms with Crippen LogP contribution in [0.15, 0.2) is 12.1 Å². The van der Waals surface area contributed by atoms with Gasteiger partial charge in [-0.2, -0.15) is 5.10 Å². The third-order valence-electron chi connectivity index (χ3n) is 4.10. The average Bonchev–Trinajstić information content (AvgIpc) is 2.32. The first-order chi connectivity index (χ1) is 8.81. The Morgan fingerprint density at radius 2 is 1.83 bits per heavy atom. The topological polar surface area (TPSA) is 54.9 Å². The second kappa shape index (κ2) is 5.04. The van der Waals surface area contributed by atoms with E-state index in [2.05, 4.69) is 21.6 Å². The molecule has 1 heterocycles. The van der Waals surface area contributed by atoms with Gasteiger partial charge in [-0.25, -0.2) is 0 Å². The molecule has 2 aliphatic carbocycles. The zero-order chi connectivity index (χ0) is 12.4. The highest BCUT2D eigenvalue weighted by molar-refractivity contribution is 5.79. The van der Waals surface area contributed by atoms with Gasteiger partial charge >= 0.3 is 0 Å². The Hall–Kier alpha value is -1.45. The molecule has 1 aromatic heterocycles. The van der Waals surface area contributed by atoms with Gasteiger partial charge in [-0.3, -0.25) is 4.79 Å². The molecule has 3 rings (SSSR count). The molecule has 0 radical (unpaired) electrons. The largest absolute Gasteiger partial charge is 0.366 e. The van der Waals surface area contributed by atoms with Crippen LogP contribution in [-0.2, 0) is 4.79 Å². The SMILES string of the molecule is O=C1CCC(Nc2ccc(C3CCC3)nn2)CC1. The van der Waals surface area contributed by atoms with Gasteiger partial charge in [-0.05, 0) is 37.8 Å². The molecule has 1 N–H and O–H groups in total. The average molecular weight is 245 g/mol. The molecule has 0 aromatic carbocycles. The van der Waals surface area contributed by atoms with Gasteiger partial charge in [-0.1, -0.05) is 6.42 Å². The van der Waals surface area contributed by atoms with Crippen LogP contribution in [0.3, 0.4) is 0 Å². The quantitative estimate of drug-likeness (QED) is 0.889. The van der Waals surface area contributed by atoms with E-state index < -0.39 is 0 Å². The van der Waals surface area contributed by atoms with Gasteiger partial charge in [0.05, 0.1) is 5.69 Å². The second-order valence-corrected chi connectivity index (χ2v) is 5.43. The van der Waals surface area contributed by atoms with E-state index in [-0.39, 0.29) is 0 Å². The van der Waals surface area contributed by atoms with Crippen LogP contribution >= 0.6 is 0 Å². The summed E-state index contributed by atoms with van der Waals surface area (Å²) in [7, 11) is 0. The Labute approximate surface area is 107 Å². The van der Waals surface area contributed by atoms with E-state index in [1.54, 1.807) is 0 Å². The van der Waals surface area contributed by atoms with Crippen LogP contribution in [0.25, 0.3) is 0 Å². The maximum absolute atomic E-state index is 11.2. The summed E-state index contributed by atoms with van der Waals surface area (Å²) in [6.07, 6.45) is 7.08. The summed E-state index contributed by atoms with van der Waals surface area (Å²) in [6.45, 7) is 0. The van der Waals surface area contributed by atoms with Crippen molar-refractivity contribution in [2.45, 2.75) is 56.9 Å². The van der Waals surface area contributed by atoms with Crippen LogP contribution in [-0.4, -0.2) is 22.0 Å². The predicted molar refractivity (Wildman–Crippen MR) is 69.5 cm³/mol. The van der Waals surface area contributed by atoms with Crippen molar-refractivity contribution in [1.29, 1.82) is 0 Å². The number of hydrogen-bond donors (Lipinski definition) is 1. The lowest BCUT2D eigenvalue weighted by Gasteiger charge is -2.25. The summed E-state index contributed by atoms with van der Waals surface area (Å²) in [6, 6.07) is 4.50. The van der Waals surface area contributed by atoms with E-state index in [9.17, 15) is 4.79 Å². The minimum Gasteiger partial charge on any atom is -0.366 e. The highest BCUT2D eigenvalue weighted by Gasteiger charge is 2.22. The molecule has 2 saturated carbocycles. The fraction of sp³-hybridized carbons (Fsp3) is 0.643. The van der Waals surface area contributed by atoms with Gasteiger partial charge < -0.3 is 5.32 Å². The highest BCUT2D eigenvalue weighted by atomic mass is 16.1. The van der Waals surface area contributed by atoms with Crippen molar-refractivity contribution >= 4 is 11.6 Å². The third kappa shape index (κ3) is 2.52. The summed E-state index contributed by atoms with van der Waals surface area (Å²) in [5.41, 5.74) is 1.13. The number of hydrogen-bond acceptors (Lipinski definition) is 4. The molecule has 2 fully saturated rings. The van der Waals surface area contributed by atoms with Gasteiger partial charge in [0.25, 0.3) is 0 Å². The molecule has 0 aliphatic heterocycles. The maximum Gasteiger partial charge on any atom is 0.148 e. The smallest absolute Gasteiger partial charge is 0.148 e. The summed E-state index contributed by atoms with van der Waals surface area (Å²) < 4.78 is 0. The van der Waals surface area contributed by atoms with Crippen molar-refractivity contribution in [2.75, 3.05) is 5.32 Å². The molecule has 1 aromatic rings. The van der Waals surface area contributed by atoms with Gasteiger partial charge in [-0.15, -0.1) is 5.10 Å². The van der Waals surface area contributed by atoms with Crippen LogP contribution in [0.4, 0.5) is 5.82 Å². The number of rotatable bonds is 3. The standard InChI is InChI=1S/C14H19N3O/c18-12-6-4-11(5-7-12)15-14-9-8-13(16-17-14)10-2-1-3-10/h8-11H,1-7H2,(H,15,17). The lowest BCUT2D eigenvalue weighted by atomic mass is 9.83. The molecule has 4 nitrogen and oxygen atoms in total. The van der Waals surface area contributed by atoms with Crippen molar-refractivity contribution in [2.24, 2.45) is 0 Å². The van der Waals surface area contributed by atoms with E-state index >= 15 is 0 Å². The number of nitrogens with one attached hydrogen (secondary N) is 1. The van der Waals surface area contributed by atoms with Gasteiger partial charge in [0.1, 0.15) is 11.6 Å². The third-order valence-corrected chi connectivity index (χ3v) is 4.10. The molecular formula is C14H19N3O. The predicted octanol–water partition coefficient (Wildman–Crippen LogP) is 2.67. The molecule has 0 saturated heterocycles. The normalized spacial score (nSPS) is 21.7. The Morgan fingerprint density at radius 1 is 1.06 bits per heavy atom. The molecule has 18 heavy (non-hydrogen) atoms. The zero-order valence-electron chi connectivity index (χ0n) is 10.6. The Bertz CT molecular complexity index is 415. The minimum atomic E-state index is 0.381. The molecular weight excluding hydrogens is 226 g/mol. The van der Waals surface area contributed by atoms with Crippen molar-refractivity contribution in [3.05, 3.63) is 17.8 Å². The van der Waals surface area contributed by atoms with Crippen LogP contribution < -0.4 is 5.32 Å². The Balaban J connectivity index is 1.57. The van der Waals surface area contributed by atoms with Gasteiger partial charge in [0.15, 0.2) is 0 Å². The van der Waals surface area contributed by atoms with Crippen LogP contribution in [0.1, 0.15) is 56.6 Å². The first kappa shape index (κ1) is 11.6. The molecule has 96 valence electrons. The lowest BCUT2D eigenvalue weighted by Crippen LogP contribution is -2.26. The van der Waals surface area contributed by atoms with E-state index in [1.165, 1.54) is 19.3 Å². The number of carbonyl (C=O) groups is 1. The number of carbonyl (C=O) groups excluding carboxylic acids is 1. The fourth-order valence-corrected chi connectivity index (χ4v) is 2.63. The Morgan fingerprint density at radius 3 is 2.39 bits per heavy atom. The monoisotopic (exact) mass is 245 g/mol. The van der Waals surface area contributed by atoms with Crippen LogP contribution in [0, 0.1) is 0 Å². The maximum atomic E-state index is 11.2. The van der Waals surface area contributed by atoms with Crippen LogP contribution in [0.5, 0.6) is 0 Å². The molecule has 4 heteroatoms. The second-order valence-electron chi connectivity index (χ2n) is 5.43. The lowest BCUT2D eigenvalue weighted by molar-refractivity contribution is -0.120. The molecule has 0 atom stereocenters. The van der Waals surface area contributed by atoms with Crippen molar-refractivity contribution in [3.63, 3.8) is 0 Å². The first-order valence-electron chi connectivity index (χ1n) is 6.93. The van der Waals surface area contributed by atoms with Gasteiger partial charge in [0.2, 0.25) is 0 Å². The number of Topliss-reactive ketones (excluding diaryl/α,β-unsaturated/α-hetero) is 1. The molecule has 0 spiro atoms. The summed E-state index contributed by atoms with van der Waals surface area (Å²) >= 11 is 0. The highest BCUT2D eigenvalue weighted by Crippen LogP contribution is 2.35. The zero-order valence-corrected chi connectivity index (χ0v) is 10.6. The van der Waals surface area contributed by atoms with E-state index in [0.717, 1.165) is 24.4 Å². The summed E-state index contributed by atoms with van der Waals surface area (Å²) in [5.74, 6) is 1.87. The number of nitrogens with zero attached hydrogens (tertiary/aromatic N) is 2. The number of anilines is 1. The first-order valence-corrected chi connectivity index (χ1v) is 6.93. The van der Waals surface area contributed by atoms with Gasteiger partial charge in [0, 0.05) is 24.8 Å². The van der Waals surface area contributed by atoms with Crippen molar-refractivity contribution in [1.82, 2.24) is 10.2 Å². The molecule has 2 aliphatic rings. The minimum absolute atomic E-state index is 0.381. The van der Waals surface area contributed by atoms with Crippen molar-refractivity contribution < 1.29 is 4.79 Å². The summed E-state index contributed by atoms with van der Waals surface area (Å²) in [5, 5.41) is 11.9. The van der Waals surface area contributed by atoms with Crippen LogP contribution in [0.2, 0.25) is 0 Å². The fourth-order valence-electron chi connectivity index (χ4n) is 2.63. The number of aromatic nitrogens is 2.